The van der Waals surface area contributed by atoms with Crippen LogP contribution in [0.15, 0.2) is 0 Å². The van der Waals surface area contributed by atoms with E-state index in [0.29, 0.717) is 12.5 Å². The van der Waals surface area contributed by atoms with Crippen molar-refractivity contribution in [2.75, 3.05) is 6.61 Å². The number of rotatable bonds is 2. The van der Waals surface area contributed by atoms with Crippen molar-refractivity contribution in [3.63, 3.8) is 0 Å². The summed E-state index contributed by atoms with van der Waals surface area (Å²) >= 11 is 0. The Kier molecular flexibility index (Phi) is 5.37. The summed E-state index contributed by atoms with van der Waals surface area (Å²) in [6.45, 7) is 0.437. The topological polar surface area (TPSA) is 58.6 Å². The molecule has 4 heteroatoms. The monoisotopic (exact) mass is 201 g/mol. The van der Waals surface area contributed by atoms with E-state index < -0.39 is 6.09 Å². The van der Waals surface area contributed by atoms with Crippen molar-refractivity contribution in [1.82, 2.24) is 5.48 Å². The molecule has 4 nitrogen and oxygen atoms in total. The minimum absolute atomic E-state index is 0.437. The molecule has 0 aromatic rings. The summed E-state index contributed by atoms with van der Waals surface area (Å²) in [5.74, 6) is 0.479. The van der Waals surface area contributed by atoms with Gasteiger partial charge in [-0.05, 0) is 18.8 Å². The molecule has 82 valence electrons. The first kappa shape index (κ1) is 11.3. The van der Waals surface area contributed by atoms with Gasteiger partial charge in [-0.3, -0.25) is 5.21 Å². The summed E-state index contributed by atoms with van der Waals surface area (Å²) in [7, 11) is 0. The molecule has 0 radical (unpaired) electrons. The highest BCUT2D eigenvalue weighted by Gasteiger charge is 2.13. The lowest BCUT2D eigenvalue weighted by molar-refractivity contribution is 0.0736. The van der Waals surface area contributed by atoms with E-state index in [-0.39, 0.29) is 0 Å². The third-order valence-corrected chi connectivity index (χ3v) is 2.77. The maximum Gasteiger partial charge on any atom is 0.431 e. The third-order valence-electron chi connectivity index (χ3n) is 2.77. The van der Waals surface area contributed by atoms with E-state index in [9.17, 15) is 4.79 Å². The molecule has 1 fully saturated rings. The van der Waals surface area contributed by atoms with E-state index >= 15 is 0 Å². The van der Waals surface area contributed by atoms with Crippen LogP contribution in [-0.4, -0.2) is 17.9 Å². The van der Waals surface area contributed by atoms with Crippen LogP contribution in [0.1, 0.15) is 44.9 Å². The first-order valence-corrected chi connectivity index (χ1v) is 5.40. The van der Waals surface area contributed by atoms with Crippen LogP contribution in [0.25, 0.3) is 0 Å². The second-order valence-corrected chi connectivity index (χ2v) is 3.92. The Hall–Kier alpha value is -0.770. The van der Waals surface area contributed by atoms with Gasteiger partial charge in [0, 0.05) is 0 Å². The Bertz CT molecular complexity index is 165. The summed E-state index contributed by atoms with van der Waals surface area (Å²) in [5, 5.41) is 8.24. The van der Waals surface area contributed by atoms with Crippen molar-refractivity contribution in [2.45, 2.75) is 44.9 Å². The summed E-state index contributed by atoms with van der Waals surface area (Å²) in [6, 6.07) is 0. The Labute approximate surface area is 84.6 Å². The fourth-order valence-corrected chi connectivity index (χ4v) is 1.93. The highest BCUT2D eigenvalue weighted by molar-refractivity contribution is 5.65. The first-order valence-electron chi connectivity index (χ1n) is 5.40. The maximum absolute atomic E-state index is 10.6. The summed E-state index contributed by atoms with van der Waals surface area (Å²) in [4.78, 5) is 10.6. The molecule has 2 N–H and O–H groups in total. The molecule has 14 heavy (non-hydrogen) atoms. The molecule has 1 aliphatic rings. The van der Waals surface area contributed by atoms with Gasteiger partial charge in [0.05, 0.1) is 6.61 Å². The van der Waals surface area contributed by atoms with Crippen LogP contribution in [0, 0.1) is 5.92 Å². The predicted molar refractivity (Wildman–Crippen MR) is 52.1 cm³/mol. The SMILES string of the molecule is O=C(NO)OCC1CCCCCCC1. The molecule has 0 unspecified atom stereocenters. The number of carbonyl (C=O) groups excluding carboxylic acids is 1. The Morgan fingerprint density at radius 3 is 2.36 bits per heavy atom. The molecule has 0 spiro atoms. The molecule has 1 amide bonds. The van der Waals surface area contributed by atoms with Crippen LogP contribution in [0.3, 0.4) is 0 Å². The van der Waals surface area contributed by atoms with Crippen molar-refractivity contribution < 1.29 is 14.7 Å². The van der Waals surface area contributed by atoms with Crippen LogP contribution in [0.5, 0.6) is 0 Å². The summed E-state index contributed by atoms with van der Waals surface area (Å²) in [5.41, 5.74) is 1.47. The van der Waals surface area contributed by atoms with Gasteiger partial charge in [0.25, 0.3) is 0 Å². The molecule has 0 atom stereocenters. The van der Waals surface area contributed by atoms with Crippen molar-refractivity contribution >= 4 is 6.09 Å². The Balaban J connectivity index is 2.16. The largest absolute Gasteiger partial charge is 0.448 e. The highest BCUT2D eigenvalue weighted by atomic mass is 16.6. The van der Waals surface area contributed by atoms with E-state index in [1.54, 1.807) is 0 Å². The zero-order valence-corrected chi connectivity index (χ0v) is 8.50. The number of nitrogens with one attached hydrogen (secondary N) is 1. The molecule has 1 rings (SSSR count). The minimum atomic E-state index is -0.743. The number of carbonyl (C=O) groups is 1. The zero-order chi connectivity index (χ0) is 10.2. The third kappa shape index (κ3) is 4.46. The standard InChI is InChI=1S/C10H19NO3/c12-10(11-13)14-8-9-6-4-2-1-3-5-7-9/h9,13H,1-8H2,(H,11,12). The number of hydroxylamine groups is 1. The average Bonchev–Trinajstić information content (AvgIpc) is 2.15. The van der Waals surface area contributed by atoms with Crippen LogP contribution < -0.4 is 5.48 Å². The summed E-state index contributed by atoms with van der Waals surface area (Å²) < 4.78 is 4.83. The molecule has 0 aromatic heterocycles. The molecule has 0 saturated heterocycles. The molecular weight excluding hydrogens is 182 g/mol. The van der Waals surface area contributed by atoms with E-state index in [1.165, 1.54) is 37.6 Å². The average molecular weight is 201 g/mol. The van der Waals surface area contributed by atoms with Gasteiger partial charge in [0.2, 0.25) is 0 Å². The number of ether oxygens (including phenoxy) is 1. The van der Waals surface area contributed by atoms with E-state index in [0.717, 1.165) is 12.8 Å². The summed E-state index contributed by atoms with van der Waals surface area (Å²) in [6.07, 6.45) is 7.92. The molecule has 0 bridgehead atoms. The van der Waals surface area contributed by atoms with Gasteiger partial charge in [-0.2, -0.15) is 0 Å². The fraction of sp³-hybridized carbons (Fsp3) is 0.900. The van der Waals surface area contributed by atoms with Gasteiger partial charge in [-0.1, -0.05) is 32.1 Å². The lowest BCUT2D eigenvalue weighted by atomic mass is 9.92. The number of hydrogen-bond acceptors (Lipinski definition) is 3. The van der Waals surface area contributed by atoms with Crippen molar-refractivity contribution in [3.05, 3.63) is 0 Å². The van der Waals surface area contributed by atoms with Crippen molar-refractivity contribution in [3.8, 4) is 0 Å². The molecular formula is C10H19NO3. The fourth-order valence-electron chi connectivity index (χ4n) is 1.93. The smallest absolute Gasteiger partial charge is 0.431 e. The molecule has 1 aliphatic carbocycles. The Morgan fingerprint density at radius 2 is 1.79 bits per heavy atom. The van der Waals surface area contributed by atoms with E-state index in [1.807, 2.05) is 0 Å². The van der Waals surface area contributed by atoms with Gasteiger partial charge in [0.1, 0.15) is 0 Å². The lowest BCUT2D eigenvalue weighted by Gasteiger charge is -2.18. The molecule has 0 heterocycles. The van der Waals surface area contributed by atoms with Gasteiger partial charge in [0.15, 0.2) is 0 Å². The normalized spacial score (nSPS) is 19.5. The van der Waals surface area contributed by atoms with Crippen LogP contribution in [0.2, 0.25) is 0 Å². The highest BCUT2D eigenvalue weighted by Crippen LogP contribution is 2.22. The van der Waals surface area contributed by atoms with Gasteiger partial charge in [-0.15, -0.1) is 0 Å². The van der Waals surface area contributed by atoms with Gasteiger partial charge >= 0.3 is 6.09 Å². The number of amides is 1. The molecule has 0 aliphatic heterocycles. The second-order valence-electron chi connectivity index (χ2n) is 3.92. The van der Waals surface area contributed by atoms with E-state index in [4.69, 9.17) is 9.94 Å². The Morgan fingerprint density at radius 1 is 1.21 bits per heavy atom. The zero-order valence-electron chi connectivity index (χ0n) is 8.50. The number of hydrogen-bond donors (Lipinski definition) is 2. The van der Waals surface area contributed by atoms with Crippen LogP contribution in [-0.2, 0) is 4.74 Å². The van der Waals surface area contributed by atoms with Crippen molar-refractivity contribution in [1.29, 1.82) is 0 Å². The van der Waals surface area contributed by atoms with E-state index in [2.05, 4.69) is 0 Å². The van der Waals surface area contributed by atoms with Crippen LogP contribution >= 0.6 is 0 Å². The molecule has 0 aromatic carbocycles. The van der Waals surface area contributed by atoms with Gasteiger partial charge in [-0.25, -0.2) is 10.3 Å². The minimum Gasteiger partial charge on any atom is -0.448 e. The quantitative estimate of drug-likeness (QED) is 0.533. The first-order chi connectivity index (χ1) is 6.83. The predicted octanol–water partition coefficient (Wildman–Crippen LogP) is 2.46. The van der Waals surface area contributed by atoms with Gasteiger partial charge < -0.3 is 4.74 Å². The van der Waals surface area contributed by atoms with Crippen LogP contribution in [0.4, 0.5) is 4.79 Å². The van der Waals surface area contributed by atoms with Crippen molar-refractivity contribution in [2.24, 2.45) is 5.92 Å². The molecule has 1 saturated carbocycles. The second kappa shape index (κ2) is 6.65. The maximum atomic E-state index is 10.6. The lowest BCUT2D eigenvalue weighted by Crippen LogP contribution is -2.23.